The zero-order valence-corrected chi connectivity index (χ0v) is 8.90. The van der Waals surface area contributed by atoms with Gasteiger partial charge in [-0.1, -0.05) is 12.1 Å². The van der Waals surface area contributed by atoms with E-state index >= 15 is 0 Å². The molecule has 0 spiro atoms. The highest BCUT2D eigenvalue weighted by molar-refractivity contribution is 6.30. The molecule has 0 N–H and O–H groups in total. The minimum absolute atomic E-state index is 0.867. The van der Waals surface area contributed by atoms with E-state index in [-0.39, 0.29) is 0 Å². The highest BCUT2D eigenvalue weighted by Crippen LogP contribution is 2.19. The molecule has 0 radical (unpaired) electrons. The van der Waals surface area contributed by atoms with Crippen molar-refractivity contribution in [3.05, 3.63) is 42.5 Å². The molecule has 0 aliphatic rings. The molecule has 0 saturated heterocycles. The lowest BCUT2D eigenvalue weighted by Gasteiger charge is -2.03. The van der Waals surface area contributed by atoms with Crippen LogP contribution in [0.4, 0.5) is 0 Å². The molecular formula is C12H12BNO. The van der Waals surface area contributed by atoms with Crippen LogP contribution in [-0.4, -0.2) is 19.9 Å². The highest BCUT2D eigenvalue weighted by atomic mass is 16.5. The van der Waals surface area contributed by atoms with Gasteiger partial charge in [0.2, 0.25) is 0 Å². The number of rotatable bonds is 2. The maximum Gasteiger partial charge on any atom is 0.163 e. The monoisotopic (exact) mass is 197 g/mol. The molecule has 3 heteroatoms. The van der Waals surface area contributed by atoms with Gasteiger partial charge < -0.3 is 4.74 Å². The summed E-state index contributed by atoms with van der Waals surface area (Å²) in [5.41, 5.74) is 3.14. The average Bonchev–Trinajstić information content (AvgIpc) is 2.29. The Morgan fingerprint density at radius 2 is 1.80 bits per heavy atom. The van der Waals surface area contributed by atoms with Crippen molar-refractivity contribution in [1.82, 2.24) is 4.98 Å². The summed E-state index contributed by atoms with van der Waals surface area (Å²) in [7, 11) is 3.66. The molecule has 0 amide bonds. The number of hydrogen-bond acceptors (Lipinski definition) is 2. The number of pyridine rings is 1. The summed E-state index contributed by atoms with van der Waals surface area (Å²) in [5, 5.41) is 0. The van der Waals surface area contributed by atoms with Crippen molar-refractivity contribution in [3.8, 4) is 17.0 Å². The van der Waals surface area contributed by atoms with Gasteiger partial charge in [0, 0.05) is 5.56 Å². The first-order valence-corrected chi connectivity index (χ1v) is 4.87. The van der Waals surface area contributed by atoms with Gasteiger partial charge in [0.15, 0.2) is 7.85 Å². The van der Waals surface area contributed by atoms with Gasteiger partial charge in [-0.3, -0.25) is 4.98 Å². The smallest absolute Gasteiger partial charge is 0.163 e. The molecule has 0 fully saturated rings. The van der Waals surface area contributed by atoms with Crippen molar-refractivity contribution >= 4 is 13.4 Å². The summed E-state index contributed by atoms with van der Waals surface area (Å²) in [5.74, 6) is 0.867. The lowest BCUT2D eigenvalue weighted by Crippen LogP contribution is -2.07. The maximum atomic E-state index is 5.11. The average molecular weight is 197 g/mol. The second kappa shape index (κ2) is 4.17. The lowest BCUT2D eigenvalue weighted by molar-refractivity contribution is 0.415. The molecule has 2 aromatic rings. The van der Waals surface area contributed by atoms with E-state index in [1.54, 1.807) is 7.11 Å². The van der Waals surface area contributed by atoms with E-state index in [0.717, 1.165) is 22.6 Å². The summed E-state index contributed by atoms with van der Waals surface area (Å²) >= 11 is 0. The first-order valence-electron chi connectivity index (χ1n) is 4.87. The number of hydrogen-bond donors (Lipinski definition) is 0. The molecule has 0 aliphatic heterocycles. The molecule has 0 bridgehead atoms. The predicted octanol–water partition coefficient (Wildman–Crippen LogP) is 1.02. The summed E-state index contributed by atoms with van der Waals surface area (Å²) in [6, 6.07) is 13.9. The van der Waals surface area contributed by atoms with Gasteiger partial charge in [0.1, 0.15) is 5.75 Å². The van der Waals surface area contributed by atoms with E-state index in [9.17, 15) is 0 Å². The molecule has 0 atom stereocenters. The normalized spacial score (nSPS) is 9.93. The Labute approximate surface area is 90.3 Å². The van der Waals surface area contributed by atoms with E-state index in [4.69, 9.17) is 4.74 Å². The summed E-state index contributed by atoms with van der Waals surface area (Å²) in [6.45, 7) is 0. The molecular weight excluding hydrogens is 185 g/mol. The fourth-order valence-electron chi connectivity index (χ4n) is 1.47. The standard InChI is InChI=1S/C12H12BNO/c1-15-10-7-5-9(6-8-10)11-3-2-4-12(13)14-11/h2-8H,13H2,1H3. The van der Waals surface area contributed by atoms with Crippen LogP contribution in [0.1, 0.15) is 0 Å². The number of ether oxygens (including phenoxy) is 1. The molecule has 0 unspecified atom stereocenters. The molecule has 74 valence electrons. The first kappa shape index (κ1) is 9.78. The van der Waals surface area contributed by atoms with Gasteiger partial charge in [-0.05, 0) is 35.9 Å². The van der Waals surface area contributed by atoms with Crippen LogP contribution < -0.4 is 10.3 Å². The fourth-order valence-corrected chi connectivity index (χ4v) is 1.47. The molecule has 15 heavy (non-hydrogen) atoms. The summed E-state index contributed by atoms with van der Waals surface area (Å²) in [6.07, 6.45) is 0. The van der Waals surface area contributed by atoms with Crippen molar-refractivity contribution in [3.63, 3.8) is 0 Å². The van der Waals surface area contributed by atoms with Crippen LogP contribution in [-0.2, 0) is 0 Å². The lowest BCUT2D eigenvalue weighted by atomic mass is 10.0. The third kappa shape index (κ3) is 2.18. The second-order valence-electron chi connectivity index (χ2n) is 3.39. The van der Waals surface area contributed by atoms with Gasteiger partial charge in [0.05, 0.1) is 12.8 Å². The Bertz CT molecular complexity index is 453. The maximum absolute atomic E-state index is 5.11. The van der Waals surface area contributed by atoms with Crippen molar-refractivity contribution in [2.75, 3.05) is 7.11 Å². The number of benzene rings is 1. The summed E-state index contributed by atoms with van der Waals surface area (Å²) in [4.78, 5) is 4.46. The van der Waals surface area contributed by atoms with E-state index in [0.29, 0.717) is 0 Å². The van der Waals surface area contributed by atoms with Crippen LogP contribution in [0.5, 0.6) is 5.75 Å². The van der Waals surface area contributed by atoms with Gasteiger partial charge in [-0.2, -0.15) is 0 Å². The van der Waals surface area contributed by atoms with Gasteiger partial charge in [-0.15, -0.1) is 0 Å². The summed E-state index contributed by atoms with van der Waals surface area (Å²) < 4.78 is 5.11. The van der Waals surface area contributed by atoms with Gasteiger partial charge in [0.25, 0.3) is 0 Å². The van der Waals surface area contributed by atoms with Crippen LogP contribution in [0.3, 0.4) is 0 Å². The third-order valence-corrected chi connectivity index (χ3v) is 2.27. The zero-order chi connectivity index (χ0) is 10.7. The number of aromatic nitrogens is 1. The minimum atomic E-state index is 0.867. The van der Waals surface area contributed by atoms with Gasteiger partial charge in [-0.25, -0.2) is 0 Å². The predicted molar refractivity (Wildman–Crippen MR) is 64.4 cm³/mol. The van der Waals surface area contributed by atoms with Crippen LogP contribution in [0.2, 0.25) is 0 Å². The topological polar surface area (TPSA) is 22.1 Å². The number of nitrogens with zero attached hydrogens (tertiary/aromatic N) is 1. The Balaban J connectivity index is 2.37. The van der Waals surface area contributed by atoms with Crippen molar-refractivity contribution in [2.45, 2.75) is 0 Å². The van der Waals surface area contributed by atoms with Crippen LogP contribution >= 0.6 is 0 Å². The third-order valence-electron chi connectivity index (χ3n) is 2.27. The Hall–Kier alpha value is -1.77. The molecule has 0 aliphatic carbocycles. The van der Waals surface area contributed by atoms with Crippen molar-refractivity contribution in [1.29, 1.82) is 0 Å². The Morgan fingerprint density at radius 1 is 1.07 bits per heavy atom. The van der Waals surface area contributed by atoms with Gasteiger partial charge >= 0.3 is 0 Å². The molecule has 1 aromatic carbocycles. The zero-order valence-electron chi connectivity index (χ0n) is 8.90. The van der Waals surface area contributed by atoms with Crippen molar-refractivity contribution in [2.24, 2.45) is 0 Å². The minimum Gasteiger partial charge on any atom is -0.497 e. The van der Waals surface area contributed by atoms with E-state index in [1.807, 2.05) is 50.3 Å². The van der Waals surface area contributed by atoms with Crippen LogP contribution in [0.15, 0.2) is 42.5 Å². The van der Waals surface area contributed by atoms with E-state index in [1.165, 1.54) is 0 Å². The number of methoxy groups -OCH3 is 1. The first-order chi connectivity index (χ1) is 7.29. The molecule has 1 heterocycles. The Kier molecular flexibility index (Phi) is 2.72. The van der Waals surface area contributed by atoms with Crippen molar-refractivity contribution < 1.29 is 4.74 Å². The Morgan fingerprint density at radius 3 is 2.40 bits per heavy atom. The molecule has 2 nitrogen and oxygen atoms in total. The quantitative estimate of drug-likeness (QED) is 0.670. The van der Waals surface area contributed by atoms with E-state index < -0.39 is 0 Å². The largest absolute Gasteiger partial charge is 0.497 e. The highest BCUT2D eigenvalue weighted by Gasteiger charge is 1.99. The van der Waals surface area contributed by atoms with Crippen LogP contribution in [0, 0.1) is 0 Å². The van der Waals surface area contributed by atoms with E-state index in [2.05, 4.69) is 4.98 Å². The SMILES string of the molecule is Bc1cccc(-c2ccc(OC)cc2)n1. The molecule has 0 saturated carbocycles. The van der Waals surface area contributed by atoms with Crippen LogP contribution in [0.25, 0.3) is 11.3 Å². The fraction of sp³-hybridized carbons (Fsp3) is 0.0833. The molecule has 2 rings (SSSR count). The second-order valence-corrected chi connectivity index (χ2v) is 3.39. The molecule has 1 aromatic heterocycles.